The number of benzene rings is 1. The van der Waals surface area contributed by atoms with E-state index in [9.17, 15) is 14.9 Å². The first-order chi connectivity index (χ1) is 10.6. The molecule has 1 unspecified atom stereocenters. The quantitative estimate of drug-likeness (QED) is 0.668. The van der Waals surface area contributed by atoms with Crippen LogP contribution in [-0.4, -0.2) is 22.6 Å². The van der Waals surface area contributed by atoms with Crippen molar-refractivity contribution in [3.05, 3.63) is 34.4 Å². The number of hydrogen-bond donors (Lipinski definition) is 1. The van der Waals surface area contributed by atoms with E-state index < -0.39 is 11.0 Å². The second-order valence-electron chi connectivity index (χ2n) is 5.23. The summed E-state index contributed by atoms with van der Waals surface area (Å²) in [6.45, 7) is 1.61. The molecule has 1 fully saturated rings. The van der Waals surface area contributed by atoms with Crippen molar-refractivity contribution < 1.29 is 14.5 Å². The van der Waals surface area contributed by atoms with Gasteiger partial charge in [-0.25, -0.2) is 5.43 Å². The molecule has 2 rings (SSSR count). The molecule has 7 nitrogen and oxygen atoms in total. The molecular weight excluding hydrogens is 286 g/mol. The van der Waals surface area contributed by atoms with Gasteiger partial charge >= 0.3 is 0 Å². The fraction of sp³-hybridized carbons (Fsp3) is 0.467. The van der Waals surface area contributed by atoms with Crippen molar-refractivity contribution in [2.75, 3.05) is 0 Å². The lowest BCUT2D eigenvalue weighted by Crippen LogP contribution is -2.34. The Morgan fingerprint density at radius 3 is 2.50 bits per heavy atom. The lowest BCUT2D eigenvalue weighted by molar-refractivity contribution is -0.384. The van der Waals surface area contributed by atoms with Gasteiger partial charge in [0, 0.05) is 17.8 Å². The van der Waals surface area contributed by atoms with Crippen LogP contribution < -0.4 is 10.2 Å². The lowest BCUT2D eigenvalue weighted by Gasteiger charge is -2.15. The van der Waals surface area contributed by atoms with Crippen LogP contribution in [0.1, 0.15) is 39.0 Å². The van der Waals surface area contributed by atoms with E-state index in [1.165, 1.54) is 30.7 Å². The van der Waals surface area contributed by atoms with Crippen LogP contribution in [0.5, 0.6) is 5.75 Å². The highest BCUT2D eigenvalue weighted by molar-refractivity contribution is 5.87. The molecule has 0 spiro atoms. The first-order valence-corrected chi connectivity index (χ1v) is 7.32. The first-order valence-electron chi connectivity index (χ1n) is 7.32. The van der Waals surface area contributed by atoms with Crippen molar-refractivity contribution in [1.82, 2.24) is 5.43 Å². The maximum Gasteiger partial charge on any atom is 0.280 e. The third-order valence-corrected chi connectivity index (χ3v) is 3.48. The molecule has 1 aliphatic carbocycles. The molecule has 118 valence electrons. The summed E-state index contributed by atoms with van der Waals surface area (Å²) in [5.74, 6) is 0.0648. The fourth-order valence-electron chi connectivity index (χ4n) is 2.20. The van der Waals surface area contributed by atoms with Crippen LogP contribution in [0.3, 0.4) is 0 Å². The van der Waals surface area contributed by atoms with E-state index in [0.717, 1.165) is 31.4 Å². The molecule has 0 aliphatic heterocycles. The van der Waals surface area contributed by atoms with Crippen LogP contribution in [0, 0.1) is 10.1 Å². The first kappa shape index (κ1) is 15.9. The fourth-order valence-corrected chi connectivity index (χ4v) is 2.20. The number of rotatable bonds is 5. The third kappa shape index (κ3) is 4.54. The van der Waals surface area contributed by atoms with Gasteiger partial charge in [0.25, 0.3) is 11.6 Å². The Bertz CT molecular complexity index is 561. The zero-order chi connectivity index (χ0) is 15.9. The van der Waals surface area contributed by atoms with E-state index >= 15 is 0 Å². The van der Waals surface area contributed by atoms with E-state index in [4.69, 9.17) is 4.74 Å². The molecule has 1 amide bonds. The Kier molecular flexibility index (Phi) is 5.46. The van der Waals surface area contributed by atoms with Crippen molar-refractivity contribution in [2.45, 2.75) is 45.1 Å². The summed E-state index contributed by atoms with van der Waals surface area (Å²) in [7, 11) is 0. The highest BCUT2D eigenvalue weighted by Crippen LogP contribution is 2.18. The monoisotopic (exact) mass is 305 g/mol. The normalized spacial score (nSPS) is 15.8. The molecule has 0 aromatic heterocycles. The van der Waals surface area contributed by atoms with Gasteiger partial charge in [0.1, 0.15) is 5.75 Å². The zero-order valence-corrected chi connectivity index (χ0v) is 12.4. The maximum atomic E-state index is 11.9. The Morgan fingerprint density at radius 1 is 1.27 bits per heavy atom. The SMILES string of the molecule is CC(Oc1ccc([N+](=O)[O-])cc1)C(=O)NN=C1CCCCC1. The number of amides is 1. The molecule has 0 saturated heterocycles. The van der Waals surface area contributed by atoms with Crippen LogP contribution in [-0.2, 0) is 4.79 Å². The van der Waals surface area contributed by atoms with Crippen molar-refractivity contribution >= 4 is 17.3 Å². The van der Waals surface area contributed by atoms with E-state index in [2.05, 4.69) is 10.5 Å². The van der Waals surface area contributed by atoms with Crippen molar-refractivity contribution in [1.29, 1.82) is 0 Å². The molecule has 7 heteroatoms. The Hall–Kier alpha value is -2.44. The minimum atomic E-state index is -0.727. The molecule has 0 bridgehead atoms. The Labute approximate surface area is 128 Å². The van der Waals surface area contributed by atoms with Gasteiger partial charge in [-0.1, -0.05) is 6.42 Å². The molecular formula is C15H19N3O4. The number of hydrogen-bond acceptors (Lipinski definition) is 5. The van der Waals surface area contributed by atoms with Gasteiger partial charge in [0.2, 0.25) is 0 Å². The number of nitrogens with zero attached hydrogens (tertiary/aromatic N) is 2. The van der Waals surface area contributed by atoms with Crippen molar-refractivity contribution in [2.24, 2.45) is 5.10 Å². The van der Waals surface area contributed by atoms with Gasteiger partial charge in [0.15, 0.2) is 6.10 Å². The van der Waals surface area contributed by atoms with Crippen LogP contribution in [0.15, 0.2) is 29.4 Å². The van der Waals surface area contributed by atoms with Gasteiger partial charge in [-0.2, -0.15) is 5.10 Å². The molecule has 0 heterocycles. The highest BCUT2D eigenvalue weighted by Gasteiger charge is 2.15. The van der Waals surface area contributed by atoms with Crippen LogP contribution in [0.25, 0.3) is 0 Å². The number of carbonyl (C=O) groups excluding carboxylic acids is 1. The molecule has 22 heavy (non-hydrogen) atoms. The Morgan fingerprint density at radius 2 is 1.91 bits per heavy atom. The van der Waals surface area contributed by atoms with Crippen LogP contribution in [0.2, 0.25) is 0 Å². The minimum Gasteiger partial charge on any atom is -0.481 e. The zero-order valence-electron chi connectivity index (χ0n) is 12.4. The summed E-state index contributed by atoms with van der Waals surface area (Å²) in [6.07, 6.45) is 4.57. The van der Waals surface area contributed by atoms with Gasteiger partial charge in [-0.05, 0) is 44.7 Å². The number of non-ortho nitro benzene ring substituents is 1. The topological polar surface area (TPSA) is 93.8 Å². The number of nitro benzene ring substituents is 1. The van der Waals surface area contributed by atoms with Crippen molar-refractivity contribution in [3.63, 3.8) is 0 Å². The maximum absolute atomic E-state index is 11.9. The number of hydrazone groups is 1. The summed E-state index contributed by atoms with van der Waals surface area (Å²) >= 11 is 0. The summed E-state index contributed by atoms with van der Waals surface area (Å²) in [5.41, 5.74) is 3.51. The average molecular weight is 305 g/mol. The van der Waals surface area contributed by atoms with Crippen LogP contribution in [0.4, 0.5) is 5.69 Å². The van der Waals surface area contributed by atoms with Crippen molar-refractivity contribution in [3.8, 4) is 5.75 Å². The molecule has 1 N–H and O–H groups in total. The number of nitrogens with one attached hydrogen (secondary N) is 1. The minimum absolute atomic E-state index is 0.0202. The highest BCUT2D eigenvalue weighted by atomic mass is 16.6. The number of carbonyl (C=O) groups is 1. The summed E-state index contributed by atoms with van der Waals surface area (Å²) in [6, 6.07) is 5.61. The predicted octanol–water partition coefficient (Wildman–Crippen LogP) is 2.80. The summed E-state index contributed by atoms with van der Waals surface area (Å²) in [4.78, 5) is 22.0. The van der Waals surface area contributed by atoms with E-state index in [1.54, 1.807) is 6.92 Å². The number of ether oxygens (including phenoxy) is 1. The second kappa shape index (κ2) is 7.53. The lowest BCUT2D eigenvalue weighted by atomic mass is 9.99. The summed E-state index contributed by atoms with van der Waals surface area (Å²) < 4.78 is 5.45. The smallest absolute Gasteiger partial charge is 0.280 e. The molecule has 1 saturated carbocycles. The third-order valence-electron chi connectivity index (χ3n) is 3.48. The Balaban J connectivity index is 1.86. The molecule has 1 atom stereocenters. The number of nitro groups is 1. The van der Waals surface area contributed by atoms with Gasteiger partial charge in [0.05, 0.1) is 4.92 Å². The van der Waals surface area contributed by atoms with Crippen LogP contribution >= 0.6 is 0 Å². The average Bonchev–Trinajstić information content (AvgIpc) is 2.54. The van der Waals surface area contributed by atoms with Gasteiger partial charge < -0.3 is 4.74 Å². The second-order valence-corrected chi connectivity index (χ2v) is 5.23. The summed E-state index contributed by atoms with van der Waals surface area (Å²) in [5, 5.41) is 14.7. The largest absolute Gasteiger partial charge is 0.481 e. The molecule has 1 aliphatic rings. The van der Waals surface area contributed by atoms with Gasteiger partial charge in [-0.3, -0.25) is 14.9 Å². The van der Waals surface area contributed by atoms with E-state index in [0.29, 0.717) is 5.75 Å². The molecule has 1 aromatic rings. The van der Waals surface area contributed by atoms with Gasteiger partial charge in [-0.15, -0.1) is 0 Å². The molecule has 1 aromatic carbocycles. The predicted molar refractivity (Wildman–Crippen MR) is 81.8 cm³/mol. The molecule has 0 radical (unpaired) electrons. The van der Waals surface area contributed by atoms with E-state index in [1.807, 2.05) is 0 Å². The standard InChI is InChI=1S/C15H19N3O4/c1-11(15(19)17-16-12-5-3-2-4-6-12)22-14-9-7-13(8-10-14)18(20)21/h7-11H,2-6H2,1H3,(H,17,19). The van der Waals surface area contributed by atoms with E-state index in [-0.39, 0.29) is 11.6 Å².